The zero-order valence-corrected chi connectivity index (χ0v) is 16.4. The number of rotatable bonds is 4. The highest BCUT2D eigenvalue weighted by atomic mass is 16.7. The molecule has 6 N–H and O–H groups in total. The van der Waals surface area contributed by atoms with Gasteiger partial charge in [-0.15, -0.1) is 0 Å². The Morgan fingerprint density at radius 1 is 1.00 bits per heavy atom. The van der Waals surface area contributed by atoms with E-state index in [2.05, 4.69) is 0 Å². The van der Waals surface area contributed by atoms with Gasteiger partial charge >= 0.3 is 5.97 Å². The first kappa shape index (κ1) is 21.8. The molecule has 11 heteroatoms. The number of aliphatic hydroxyl groups is 3. The highest BCUT2D eigenvalue weighted by Gasteiger charge is 2.48. The molecule has 1 unspecified atom stereocenters. The van der Waals surface area contributed by atoms with Crippen molar-refractivity contribution in [3.05, 3.63) is 47.5 Å². The smallest absolute Gasteiger partial charge is 0.335 e. The number of fused-ring (bicyclic) bond motifs is 1. The van der Waals surface area contributed by atoms with Crippen LogP contribution in [0.25, 0.3) is 0 Å². The monoisotopic (exact) mass is 448 g/mol. The molecule has 0 bridgehead atoms. The third-order valence-electron chi connectivity index (χ3n) is 5.30. The van der Waals surface area contributed by atoms with Crippen LogP contribution in [0.1, 0.15) is 28.4 Å². The molecule has 11 nitrogen and oxygen atoms in total. The molecule has 4 rings (SSSR count). The average Bonchev–Trinajstić information content (AvgIpc) is 2.73. The second-order valence-corrected chi connectivity index (χ2v) is 7.49. The van der Waals surface area contributed by atoms with Crippen LogP contribution in [0.4, 0.5) is 0 Å². The van der Waals surface area contributed by atoms with E-state index in [0.29, 0.717) is 5.56 Å². The summed E-state index contributed by atoms with van der Waals surface area (Å²) in [5, 5.41) is 58.7. The third kappa shape index (κ3) is 3.94. The maximum absolute atomic E-state index is 12.6. The summed E-state index contributed by atoms with van der Waals surface area (Å²) in [6.07, 6.45) is -9.86. The van der Waals surface area contributed by atoms with Gasteiger partial charge in [0, 0.05) is 12.1 Å². The number of ketones is 1. The molecule has 32 heavy (non-hydrogen) atoms. The molecule has 1 fully saturated rings. The number of aromatic hydroxyl groups is 2. The van der Waals surface area contributed by atoms with E-state index in [-0.39, 0.29) is 29.2 Å². The van der Waals surface area contributed by atoms with Crippen LogP contribution >= 0.6 is 0 Å². The van der Waals surface area contributed by atoms with Crippen molar-refractivity contribution in [2.24, 2.45) is 0 Å². The Kier molecular flexibility index (Phi) is 5.65. The number of carboxylic acids is 1. The van der Waals surface area contributed by atoms with Gasteiger partial charge in [-0.25, -0.2) is 4.79 Å². The van der Waals surface area contributed by atoms with Gasteiger partial charge in [-0.3, -0.25) is 4.79 Å². The minimum absolute atomic E-state index is 0.0185. The summed E-state index contributed by atoms with van der Waals surface area (Å²) in [4.78, 5) is 23.8. The number of carboxylic acid groups (broad SMARTS) is 1. The Morgan fingerprint density at radius 2 is 1.69 bits per heavy atom. The quantitative estimate of drug-likeness (QED) is 0.372. The van der Waals surface area contributed by atoms with E-state index in [1.54, 1.807) is 12.1 Å². The normalized spacial score (nSPS) is 29.7. The molecule has 0 aromatic heterocycles. The second kappa shape index (κ2) is 8.28. The number of hydrogen-bond donors (Lipinski definition) is 6. The van der Waals surface area contributed by atoms with Crippen molar-refractivity contribution in [2.45, 2.75) is 43.2 Å². The average molecular weight is 448 g/mol. The maximum atomic E-state index is 12.6. The van der Waals surface area contributed by atoms with E-state index in [4.69, 9.17) is 19.3 Å². The van der Waals surface area contributed by atoms with Gasteiger partial charge in [0.15, 0.2) is 11.9 Å². The number of hydrogen-bond acceptors (Lipinski definition) is 10. The van der Waals surface area contributed by atoms with Crippen LogP contribution in [0, 0.1) is 0 Å². The van der Waals surface area contributed by atoms with Crippen LogP contribution in [0.3, 0.4) is 0 Å². The van der Waals surface area contributed by atoms with Gasteiger partial charge in [0.05, 0.1) is 6.42 Å². The van der Waals surface area contributed by atoms with Crippen molar-refractivity contribution in [3.8, 4) is 23.0 Å². The lowest BCUT2D eigenvalue weighted by atomic mass is 9.95. The molecule has 2 heterocycles. The van der Waals surface area contributed by atoms with Crippen molar-refractivity contribution in [2.75, 3.05) is 0 Å². The molecule has 2 aromatic rings. The Labute approximate surface area is 180 Å². The van der Waals surface area contributed by atoms with E-state index >= 15 is 0 Å². The van der Waals surface area contributed by atoms with Crippen LogP contribution in [0.2, 0.25) is 0 Å². The lowest BCUT2D eigenvalue weighted by Crippen LogP contribution is -2.61. The van der Waals surface area contributed by atoms with Crippen LogP contribution in [-0.2, 0) is 9.53 Å². The highest BCUT2D eigenvalue weighted by molar-refractivity contribution is 6.02. The fraction of sp³-hybridized carbons (Fsp3) is 0.333. The Hall–Kier alpha value is -3.38. The zero-order chi connectivity index (χ0) is 23.2. The summed E-state index contributed by atoms with van der Waals surface area (Å²) in [5.74, 6) is -2.55. The lowest BCUT2D eigenvalue weighted by Gasteiger charge is -2.38. The van der Waals surface area contributed by atoms with Gasteiger partial charge < -0.3 is 44.8 Å². The molecule has 0 radical (unpaired) electrons. The van der Waals surface area contributed by atoms with E-state index in [0.717, 1.165) is 6.07 Å². The molecule has 170 valence electrons. The van der Waals surface area contributed by atoms with E-state index < -0.39 is 54.3 Å². The molecule has 2 aromatic carbocycles. The summed E-state index contributed by atoms with van der Waals surface area (Å²) >= 11 is 0. The molecule has 2 aliphatic heterocycles. The summed E-state index contributed by atoms with van der Waals surface area (Å²) in [6.45, 7) is 0. The van der Waals surface area contributed by atoms with E-state index in [9.17, 15) is 35.1 Å². The summed E-state index contributed by atoms with van der Waals surface area (Å²) in [5.41, 5.74) is 0.538. The first-order valence-electron chi connectivity index (χ1n) is 9.60. The van der Waals surface area contributed by atoms with Crippen molar-refractivity contribution in [1.29, 1.82) is 0 Å². The number of aliphatic hydroxyl groups excluding tert-OH is 3. The van der Waals surface area contributed by atoms with Crippen LogP contribution < -0.4 is 9.47 Å². The predicted octanol–water partition coefficient (Wildman–Crippen LogP) is 0.0753. The third-order valence-corrected chi connectivity index (χ3v) is 5.30. The number of aliphatic carboxylic acids is 1. The first-order valence-corrected chi connectivity index (χ1v) is 9.60. The topological polar surface area (TPSA) is 183 Å². The lowest BCUT2D eigenvalue weighted by molar-refractivity contribution is -0.271. The minimum Gasteiger partial charge on any atom is -0.508 e. The van der Waals surface area contributed by atoms with Crippen molar-refractivity contribution in [1.82, 2.24) is 0 Å². The molecule has 0 saturated carbocycles. The van der Waals surface area contributed by atoms with Crippen LogP contribution in [0.5, 0.6) is 23.0 Å². The number of carbonyl (C=O) groups is 2. The van der Waals surface area contributed by atoms with Gasteiger partial charge in [0.2, 0.25) is 6.29 Å². The molecule has 2 aliphatic rings. The van der Waals surface area contributed by atoms with Crippen LogP contribution in [0.15, 0.2) is 36.4 Å². The van der Waals surface area contributed by atoms with Gasteiger partial charge in [-0.05, 0) is 17.7 Å². The second-order valence-electron chi connectivity index (χ2n) is 7.49. The number of ether oxygens (including phenoxy) is 3. The standard InChI is InChI=1S/C21H20O11/c22-9-3-1-8(2-4-9)13-7-12(24)15-11(23)5-10(6-14(15)31-13)30-21-18(27)16(25)17(26)19(32-21)20(28)29/h1-6,13,16-19,21-23,25-27H,7H2,(H,28,29)/t13?,16-,17-,18+,19-,21+/m0/s1. The van der Waals surface area contributed by atoms with E-state index in [1.165, 1.54) is 18.2 Å². The Morgan fingerprint density at radius 3 is 2.34 bits per heavy atom. The molecule has 0 aliphatic carbocycles. The molecule has 0 amide bonds. The summed E-state index contributed by atoms with van der Waals surface area (Å²) in [7, 11) is 0. The van der Waals surface area contributed by atoms with Gasteiger partial charge in [0.25, 0.3) is 0 Å². The van der Waals surface area contributed by atoms with E-state index in [1.807, 2.05) is 0 Å². The van der Waals surface area contributed by atoms with Crippen molar-refractivity contribution >= 4 is 11.8 Å². The number of carbonyl (C=O) groups excluding carboxylic acids is 1. The minimum atomic E-state index is -1.88. The van der Waals surface area contributed by atoms with Crippen molar-refractivity contribution < 1.29 is 54.4 Å². The largest absolute Gasteiger partial charge is 0.508 e. The van der Waals surface area contributed by atoms with Crippen molar-refractivity contribution in [3.63, 3.8) is 0 Å². The highest BCUT2D eigenvalue weighted by Crippen LogP contribution is 2.42. The number of phenols is 2. The fourth-order valence-corrected chi connectivity index (χ4v) is 3.64. The molecule has 0 spiro atoms. The number of Topliss-reactive ketones (excluding diaryl/α,β-unsaturated/α-hetero) is 1. The maximum Gasteiger partial charge on any atom is 0.335 e. The van der Waals surface area contributed by atoms with Gasteiger partial charge in [-0.2, -0.15) is 0 Å². The Bertz CT molecular complexity index is 1030. The first-order chi connectivity index (χ1) is 15.2. The summed E-state index contributed by atoms with van der Waals surface area (Å²) < 4.78 is 16.3. The zero-order valence-electron chi connectivity index (χ0n) is 16.4. The SMILES string of the molecule is O=C1CC(c2ccc(O)cc2)Oc2cc(O[C@@H]3O[C@H](C(=O)O)[C@@H](O)[C@H](O)[C@H]3O)cc(O)c21. The van der Waals surface area contributed by atoms with Gasteiger partial charge in [0.1, 0.15) is 53.0 Å². The fourth-order valence-electron chi connectivity index (χ4n) is 3.64. The predicted molar refractivity (Wildman–Crippen MR) is 103 cm³/mol. The number of phenolic OH excluding ortho intramolecular Hbond substituents is 2. The Balaban J connectivity index is 1.60. The molecular weight excluding hydrogens is 428 g/mol. The van der Waals surface area contributed by atoms with Gasteiger partial charge in [-0.1, -0.05) is 12.1 Å². The number of benzene rings is 2. The molecular formula is C21H20O11. The molecule has 1 saturated heterocycles. The summed E-state index contributed by atoms with van der Waals surface area (Å²) in [6, 6.07) is 8.37. The molecule has 6 atom stereocenters. The van der Waals surface area contributed by atoms with Crippen LogP contribution in [-0.4, -0.2) is 73.1 Å².